The smallest absolute Gasteiger partial charge is 0.297 e. The third kappa shape index (κ3) is 3.03. The molecule has 0 bridgehead atoms. The second-order valence-electron chi connectivity index (χ2n) is 4.89. The van der Waals surface area contributed by atoms with Crippen molar-refractivity contribution < 1.29 is 9.32 Å². The van der Waals surface area contributed by atoms with E-state index in [0.717, 1.165) is 24.9 Å². The molecule has 2 aromatic rings. The van der Waals surface area contributed by atoms with Crippen molar-refractivity contribution in [3.63, 3.8) is 0 Å². The molecule has 1 amide bonds. The molecule has 0 aliphatic carbocycles. The first-order valence-electron chi connectivity index (χ1n) is 6.64. The summed E-state index contributed by atoms with van der Waals surface area (Å²) in [6.45, 7) is 2.73. The first-order chi connectivity index (χ1) is 10.1. The van der Waals surface area contributed by atoms with Crippen LogP contribution < -0.4 is 10.6 Å². The van der Waals surface area contributed by atoms with E-state index in [0.29, 0.717) is 16.7 Å². The predicted molar refractivity (Wildman–Crippen MR) is 76.2 cm³/mol. The largest absolute Gasteiger partial charge is 0.337 e. The van der Waals surface area contributed by atoms with Gasteiger partial charge in [-0.2, -0.15) is 4.98 Å². The molecule has 0 radical (unpaired) electrons. The molecule has 2 N–H and O–H groups in total. The lowest BCUT2D eigenvalue weighted by atomic mass is 10.2. The van der Waals surface area contributed by atoms with Crippen molar-refractivity contribution in [1.29, 1.82) is 0 Å². The van der Waals surface area contributed by atoms with E-state index < -0.39 is 5.91 Å². The third-order valence-electron chi connectivity index (χ3n) is 3.28. The van der Waals surface area contributed by atoms with Crippen LogP contribution in [0, 0.1) is 6.92 Å². The number of carbonyl (C=O) groups is 1. The molecule has 0 aromatic carbocycles. The molecule has 8 heteroatoms. The fourth-order valence-corrected chi connectivity index (χ4v) is 2.28. The number of nitrogens with zero attached hydrogens (tertiary/aromatic N) is 3. The number of pyridine rings is 1. The van der Waals surface area contributed by atoms with E-state index in [1.54, 1.807) is 6.07 Å². The summed E-state index contributed by atoms with van der Waals surface area (Å²) in [6, 6.07) is 1.77. The van der Waals surface area contributed by atoms with Gasteiger partial charge in [-0.05, 0) is 37.9 Å². The van der Waals surface area contributed by atoms with Gasteiger partial charge in [-0.25, -0.2) is 4.98 Å². The Balaban J connectivity index is 1.71. The van der Waals surface area contributed by atoms with Crippen molar-refractivity contribution in [3.8, 4) is 0 Å². The first-order valence-corrected chi connectivity index (χ1v) is 7.02. The van der Waals surface area contributed by atoms with Gasteiger partial charge >= 0.3 is 0 Å². The van der Waals surface area contributed by atoms with Crippen LogP contribution in [0.25, 0.3) is 0 Å². The molecular weight excluding hydrogens is 294 g/mol. The maximum absolute atomic E-state index is 12.1. The van der Waals surface area contributed by atoms with E-state index in [4.69, 9.17) is 16.1 Å². The summed E-state index contributed by atoms with van der Waals surface area (Å²) in [5.74, 6) is 0.0147. The Morgan fingerprint density at radius 3 is 3.14 bits per heavy atom. The Hall–Kier alpha value is -1.99. The summed E-state index contributed by atoms with van der Waals surface area (Å²) >= 11 is 5.84. The van der Waals surface area contributed by atoms with E-state index in [9.17, 15) is 4.79 Å². The van der Waals surface area contributed by atoms with Crippen LogP contribution >= 0.6 is 11.6 Å². The summed E-state index contributed by atoms with van der Waals surface area (Å²) in [6.07, 6.45) is 3.47. The highest BCUT2D eigenvalue weighted by atomic mass is 35.5. The van der Waals surface area contributed by atoms with Gasteiger partial charge in [0, 0.05) is 0 Å². The molecule has 21 heavy (non-hydrogen) atoms. The number of hydrogen-bond acceptors (Lipinski definition) is 6. The van der Waals surface area contributed by atoms with Gasteiger partial charge in [0.15, 0.2) is 0 Å². The number of halogens is 1. The zero-order chi connectivity index (χ0) is 14.8. The highest BCUT2D eigenvalue weighted by Gasteiger charge is 2.24. The Kier molecular flexibility index (Phi) is 3.85. The highest BCUT2D eigenvalue weighted by Crippen LogP contribution is 2.21. The molecule has 7 nitrogen and oxygen atoms in total. The molecule has 1 aliphatic heterocycles. The number of nitrogens with one attached hydrogen (secondary N) is 2. The number of hydrogen-bond donors (Lipinski definition) is 2. The van der Waals surface area contributed by atoms with Gasteiger partial charge in [-0.3, -0.25) is 4.79 Å². The average Bonchev–Trinajstić information content (AvgIpc) is 3.12. The molecule has 3 rings (SSSR count). The first kappa shape index (κ1) is 14.0. The van der Waals surface area contributed by atoms with Crippen LogP contribution in [0.4, 0.5) is 5.69 Å². The van der Waals surface area contributed by atoms with E-state index >= 15 is 0 Å². The SMILES string of the molecule is Cc1cc(NC(=O)c2noc(C3CCCN3)n2)cnc1Cl. The standard InChI is InChI=1S/C13H14ClN5O2/c1-7-5-8(6-16-10(7)14)17-12(20)11-18-13(21-19-11)9-3-2-4-15-9/h5-6,9,15H,2-4H2,1H3,(H,17,20). The van der Waals surface area contributed by atoms with Crippen molar-refractivity contribution in [2.45, 2.75) is 25.8 Å². The summed E-state index contributed by atoms with van der Waals surface area (Å²) in [4.78, 5) is 20.2. The third-order valence-corrected chi connectivity index (χ3v) is 3.67. The van der Waals surface area contributed by atoms with Crippen LogP contribution in [-0.2, 0) is 0 Å². The Labute approximate surface area is 126 Å². The maximum atomic E-state index is 12.1. The second kappa shape index (κ2) is 5.79. The second-order valence-corrected chi connectivity index (χ2v) is 5.25. The summed E-state index contributed by atoms with van der Waals surface area (Å²) in [5, 5.41) is 10.0. The topological polar surface area (TPSA) is 92.9 Å². The van der Waals surface area contributed by atoms with E-state index in [-0.39, 0.29) is 11.9 Å². The lowest BCUT2D eigenvalue weighted by Crippen LogP contribution is -2.16. The van der Waals surface area contributed by atoms with Gasteiger partial charge in [-0.1, -0.05) is 16.8 Å². The molecule has 0 saturated carbocycles. The predicted octanol–water partition coefficient (Wildman–Crippen LogP) is 2.10. The normalized spacial score (nSPS) is 17.9. The van der Waals surface area contributed by atoms with Gasteiger partial charge in [0.2, 0.25) is 5.89 Å². The Morgan fingerprint density at radius 1 is 1.57 bits per heavy atom. The Morgan fingerprint density at radius 2 is 2.43 bits per heavy atom. The van der Waals surface area contributed by atoms with Gasteiger partial charge in [0.05, 0.1) is 17.9 Å². The van der Waals surface area contributed by atoms with Crippen LogP contribution in [0.15, 0.2) is 16.8 Å². The number of aromatic nitrogens is 3. The number of carbonyl (C=O) groups excluding carboxylic acids is 1. The highest BCUT2D eigenvalue weighted by molar-refractivity contribution is 6.30. The zero-order valence-electron chi connectivity index (χ0n) is 11.4. The lowest BCUT2D eigenvalue weighted by Gasteiger charge is -2.04. The molecule has 1 atom stereocenters. The minimum absolute atomic E-state index is 0.00584. The van der Waals surface area contributed by atoms with Gasteiger partial charge in [0.1, 0.15) is 5.15 Å². The molecule has 1 unspecified atom stereocenters. The van der Waals surface area contributed by atoms with Crippen LogP contribution in [-0.4, -0.2) is 27.6 Å². The van der Waals surface area contributed by atoms with E-state index in [1.807, 2.05) is 6.92 Å². The monoisotopic (exact) mass is 307 g/mol. The summed E-state index contributed by atoms with van der Waals surface area (Å²) < 4.78 is 5.13. The maximum Gasteiger partial charge on any atom is 0.297 e. The molecule has 2 aromatic heterocycles. The molecule has 1 saturated heterocycles. The lowest BCUT2D eigenvalue weighted by molar-refractivity contribution is 0.101. The van der Waals surface area contributed by atoms with Gasteiger partial charge in [-0.15, -0.1) is 0 Å². The fourth-order valence-electron chi connectivity index (χ4n) is 2.18. The molecule has 3 heterocycles. The van der Waals surface area contributed by atoms with Crippen LogP contribution in [0.3, 0.4) is 0 Å². The van der Waals surface area contributed by atoms with Crippen LogP contribution in [0.1, 0.15) is 41.0 Å². The van der Waals surface area contributed by atoms with E-state index in [2.05, 4.69) is 25.8 Å². The number of anilines is 1. The van der Waals surface area contributed by atoms with Crippen molar-refractivity contribution in [3.05, 3.63) is 34.7 Å². The number of aryl methyl sites for hydroxylation is 1. The van der Waals surface area contributed by atoms with E-state index in [1.165, 1.54) is 6.20 Å². The Bertz CT molecular complexity index is 666. The fraction of sp³-hybridized carbons (Fsp3) is 0.385. The van der Waals surface area contributed by atoms with Crippen molar-refractivity contribution >= 4 is 23.2 Å². The summed E-state index contributed by atoms with van der Waals surface area (Å²) in [5.41, 5.74) is 1.31. The number of rotatable bonds is 3. The van der Waals surface area contributed by atoms with Gasteiger partial charge in [0.25, 0.3) is 11.7 Å². The van der Waals surface area contributed by atoms with Gasteiger partial charge < -0.3 is 15.2 Å². The summed E-state index contributed by atoms with van der Waals surface area (Å²) in [7, 11) is 0. The van der Waals surface area contributed by atoms with Crippen molar-refractivity contribution in [2.24, 2.45) is 0 Å². The average molecular weight is 308 g/mol. The van der Waals surface area contributed by atoms with Crippen LogP contribution in [0.2, 0.25) is 5.15 Å². The quantitative estimate of drug-likeness (QED) is 0.844. The van der Waals surface area contributed by atoms with Crippen molar-refractivity contribution in [1.82, 2.24) is 20.4 Å². The zero-order valence-corrected chi connectivity index (χ0v) is 12.1. The minimum atomic E-state index is -0.438. The molecule has 110 valence electrons. The molecule has 0 spiro atoms. The molecular formula is C13H14ClN5O2. The molecule has 1 aliphatic rings. The van der Waals surface area contributed by atoms with Crippen LogP contribution in [0.5, 0.6) is 0 Å². The minimum Gasteiger partial charge on any atom is -0.337 e. The van der Waals surface area contributed by atoms with Crippen molar-refractivity contribution in [2.75, 3.05) is 11.9 Å². The number of amides is 1. The molecule has 1 fully saturated rings.